The first kappa shape index (κ1) is 14.3. The Bertz CT molecular complexity index is 534. The molecule has 5 heteroatoms. The summed E-state index contributed by atoms with van der Waals surface area (Å²) < 4.78 is 2.27. The van der Waals surface area contributed by atoms with Crippen LogP contribution in [0.3, 0.4) is 0 Å². The molecule has 0 aliphatic carbocycles. The van der Waals surface area contributed by atoms with Gasteiger partial charge in [0.25, 0.3) is 0 Å². The lowest BCUT2D eigenvalue weighted by Crippen LogP contribution is -1.90. The second-order valence-electron chi connectivity index (χ2n) is 3.64. The largest absolute Gasteiger partial charge is 0.131 e. The molecule has 2 aromatic rings. The maximum Gasteiger partial charge on any atom is 0.0739 e. The number of alkyl halides is 1. The summed E-state index contributed by atoms with van der Waals surface area (Å²) in [6.45, 7) is 2.10. The molecule has 1 aromatic heterocycles. The molecule has 0 N–H and O–H groups in total. The minimum absolute atomic E-state index is 0.201. The predicted molar refractivity (Wildman–Crippen MR) is 91.7 cm³/mol. The lowest BCUT2D eigenvalue weighted by Gasteiger charge is -2.09. The Labute approximate surface area is 140 Å². The first-order valence-corrected chi connectivity index (χ1v) is 8.82. The zero-order chi connectivity index (χ0) is 12.6. The second-order valence-corrected chi connectivity index (χ2v) is 8.53. The topological polar surface area (TPSA) is 0 Å². The van der Waals surface area contributed by atoms with Crippen molar-refractivity contribution in [3.8, 4) is 0 Å². The SMILES string of the molecule is Cc1cc(C(Br)c2ccc(I)c(Cl)c2)sc1Br. The third-order valence-corrected chi connectivity index (χ3v) is 7.46. The highest BCUT2D eigenvalue weighted by molar-refractivity contribution is 14.1. The zero-order valence-corrected chi connectivity index (χ0v) is 15.7. The van der Waals surface area contributed by atoms with Gasteiger partial charge in [-0.3, -0.25) is 0 Å². The van der Waals surface area contributed by atoms with Crippen LogP contribution in [0.15, 0.2) is 28.1 Å². The Morgan fingerprint density at radius 1 is 1.35 bits per heavy atom. The number of hydrogen-bond donors (Lipinski definition) is 0. The van der Waals surface area contributed by atoms with Gasteiger partial charge < -0.3 is 0 Å². The van der Waals surface area contributed by atoms with Crippen LogP contribution in [0.4, 0.5) is 0 Å². The van der Waals surface area contributed by atoms with E-state index in [1.54, 1.807) is 11.3 Å². The minimum Gasteiger partial charge on any atom is -0.131 e. The zero-order valence-electron chi connectivity index (χ0n) is 8.81. The molecule has 2 rings (SSSR count). The van der Waals surface area contributed by atoms with Crippen molar-refractivity contribution < 1.29 is 0 Å². The molecule has 0 saturated carbocycles. The van der Waals surface area contributed by atoms with E-state index in [1.807, 2.05) is 12.1 Å². The number of aryl methyl sites for hydroxylation is 1. The van der Waals surface area contributed by atoms with Crippen molar-refractivity contribution in [2.24, 2.45) is 0 Å². The van der Waals surface area contributed by atoms with Crippen molar-refractivity contribution in [3.05, 3.63) is 52.6 Å². The Kier molecular flexibility index (Phi) is 4.97. The van der Waals surface area contributed by atoms with Gasteiger partial charge in [-0.15, -0.1) is 11.3 Å². The Hall–Kier alpha value is 0.900. The van der Waals surface area contributed by atoms with Crippen molar-refractivity contribution in [2.45, 2.75) is 11.8 Å². The number of thiophene rings is 1. The molecule has 1 atom stereocenters. The van der Waals surface area contributed by atoms with E-state index in [4.69, 9.17) is 11.6 Å². The first-order chi connectivity index (χ1) is 7.99. The Morgan fingerprint density at radius 2 is 2.06 bits per heavy atom. The fraction of sp³-hybridized carbons (Fsp3) is 0.167. The highest BCUT2D eigenvalue weighted by Crippen LogP contribution is 2.39. The van der Waals surface area contributed by atoms with Gasteiger partial charge in [-0.05, 0) is 74.8 Å². The molecule has 0 saturated heterocycles. The molecule has 0 fully saturated rings. The molecule has 1 heterocycles. The van der Waals surface area contributed by atoms with E-state index in [2.05, 4.69) is 73.5 Å². The molecule has 0 nitrogen and oxygen atoms in total. The fourth-order valence-corrected chi connectivity index (χ4v) is 4.24. The monoisotopic (exact) mass is 504 g/mol. The standard InChI is InChI=1S/C12H8Br2ClIS/c1-6-4-10(17-12(6)14)11(13)7-2-3-9(16)8(15)5-7/h2-5,11H,1H3. The summed E-state index contributed by atoms with van der Waals surface area (Å²) in [4.78, 5) is 1.48. The summed E-state index contributed by atoms with van der Waals surface area (Å²) in [5.41, 5.74) is 2.45. The molecule has 1 unspecified atom stereocenters. The third kappa shape index (κ3) is 3.26. The van der Waals surface area contributed by atoms with Crippen LogP contribution in [0.2, 0.25) is 5.02 Å². The summed E-state index contributed by atoms with van der Waals surface area (Å²) in [7, 11) is 0. The maximum absolute atomic E-state index is 6.15. The van der Waals surface area contributed by atoms with Crippen LogP contribution in [-0.2, 0) is 0 Å². The smallest absolute Gasteiger partial charge is 0.0739 e. The number of rotatable bonds is 2. The van der Waals surface area contributed by atoms with Crippen LogP contribution >= 0.6 is 77.4 Å². The van der Waals surface area contributed by atoms with Gasteiger partial charge in [-0.2, -0.15) is 0 Å². The van der Waals surface area contributed by atoms with Gasteiger partial charge in [0.05, 0.1) is 13.6 Å². The van der Waals surface area contributed by atoms with E-state index >= 15 is 0 Å². The molecular formula is C12H8Br2ClIS. The Balaban J connectivity index is 2.36. The average molecular weight is 506 g/mol. The van der Waals surface area contributed by atoms with Crippen molar-refractivity contribution >= 4 is 77.4 Å². The molecule has 0 radical (unpaired) electrons. The highest BCUT2D eigenvalue weighted by atomic mass is 127. The minimum atomic E-state index is 0.201. The summed E-state index contributed by atoms with van der Waals surface area (Å²) in [6, 6.07) is 8.36. The molecule has 1 aromatic carbocycles. The highest BCUT2D eigenvalue weighted by Gasteiger charge is 2.15. The molecule has 0 amide bonds. The lowest BCUT2D eigenvalue weighted by atomic mass is 10.1. The van der Waals surface area contributed by atoms with E-state index in [0.29, 0.717) is 0 Å². The van der Waals surface area contributed by atoms with Gasteiger partial charge in [0.1, 0.15) is 0 Å². The van der Waals surface area contributed by atoms with Crippen LogP contribution in [0.25, 0.3) is 0 Å². The van der Waals surface area contributed by atoms with E-state index in [1.165, 1.54) is 19.8 Å². The van der Waals surface area contributed by atoms with Gasteiger partial charge >= 0.3 is 0 Å². The van der Waals surface area contributed by atoms with Crippen LogP contribution < -0.4 is 0 Å². The molecule has 0 bridgehead atoms. The van der Waals surface area contributed by atoms with E-state index < -0.39 is 0 Å². The molecular weight excluding hydrogens is 498 g/mol. The van der Waals surface area contributed by atoms with Gasteiger partial charge in [0, 0.05) is 8.45 Å². The van der Waals surface area contributed by atoms with Crippen molar-refractivity contribution in [1.82, 2.24) is 0 Å². The van der Waals surface area contributed by atoms with Gasteiger partial charge in [-0.1, -0.05) is 33.6 Å². The predicted octanol–water partition coefficient (Wildman–Crippen LogP) is 6.56. The first-order valence-electron chi connectivity index (χ1n) is 4.84. The Morgan fingerprint density at radius 3 is 2.59 bits per heavy atom. The molecule has 90 valence electrons. The average Bonchev–Trinajstić information content (AvgIpc) is 2.62. The van der Waals surface area contributed by atoms with E-state index in [0.717, 1.165) is 8.59 Å². The third-order valence-electron chi connectivity index (χ3n) is 2.36. The van der Waals surface area contributed by atoms with Gasteiger partial charge in [-0.25, -0.2) is 0 Å². The summed E-state index contributed by atoms with van der Waals surface area (Å²) >= 11 is 17.4. The normalized spacial score (nSPS) is 12.8. The molecule has 17 heavy (non-hydrogen) atoms. The molecule has 0 aliphatic heterocycles. The fourth-order valence-electron chi connectivity index (χ4n) is 1.44. The summed E-state index contributed by atoms with van der Waals surface area (Å²) in [5.74, 6) is 0. The van der Waals surface area contributed by atoms with E-state index in [9.17, 15) is 0 Å². The molecule has 0 spiro atoms. The van der Waals surface area contributed by atoms with Crippen LogP contribution in [-0.4, -0.2) is 0 Å². The quantitative estimate of drug-likeness (QED) is 0.320. The van der Waals surface area contributed by atoms with Crippen LogP contribution in [0.5, 0.6) is 0 Å². The van der Waals surface area contributed by atoms with Crippen molar-refractivity contribution in [3.63, 3.8) is 0 Å². The van der Waals surface area contributed by atoms with Crippen molar-refractivity contribution in [1.29, 1.82) is 0 Å². The van der Waals surface area contributed by atoms with Crippen molar-refractivity contribution in [2.75, 3.05) is 0 Å². The summed E-state index contributed by atoms with van der Waals surface area (Å²) in [5, 5.41) is 0.805. The molecule has 0 aliphatic rings. The number of benzene rings is 1. The number of hydrogen-bond acceptors (Lipinski definition) is 1. The van der Waals surface area contributed by atoms with E-state index in [-0.39, 0.29) is 4.83 Å². The maximum atomic E-state index is 6.15. The van der Waals surface area contributed by atoms with Gasteiger partial charge in [0.15, 0.2) is 0 Å². The lowest BCUT2D eigenvalue weighted by molar-refractivity contribution is 1.22. The number of halogens is 4. The van der Waals surface area contributed by atoms with Crippen LogP contribution in [0.1, 0.15) is 20.8 Å². The second kappa shape index (κ2) is 5.90. The van der Waals surface area contributed by atoms with Crippen LogP contribution in [0, 0.1) is 10.5 Å². The van der Waals surface area contributed by atoms with Gasteiger partial charge in [0.2, 0.25) is 0 Å². The summed E-state index contributed by atoms with van der Waals surface area (Å²) in [6.07, 6.45) is 0.